The fourth-order valence-corrected chi connectivity index (χ4v) is 3.39. The molecule has 0 heterocycles. The molecule has 1 saturated carbocycles. The van der Waals surface area contributed by atoms with Gasteiger partial charge in [-0.25, -0.2) is 0 Å². The Kier molecular flexibility index (Phi) is 6.35. The number of benzene rings is 1. The summed E-state index contributed by atoms with van der Waals surface area (Å²) >= 11 is 3.48. The Hall–Kier alpha value is -0.380. The highest BCUT2D eigenvalue weighted by Gasteiger charge is 2.21. The molecule has 1 aromatic carbocycles. The van der Waals surface area contributed by atoms with Gasteiger partial charge in [-0.15, -0.1) is 0 Å². The van der Waals surface area contributed by atoms with Crippen LogP contribution in [0.4, 0.5) is 0 Å². The molecule has 1 aromatic rings. The van der Waals surface area contributed by atoms with E-state index in [0.717, 1.165) is 16.8 Å². The van der Waals surface area contributed by atoms with Gasteiger partial charge in [-0.05, 0) is 42.9 Å². The van der Waals surface area contributed by atoms with E-state index >= 15 is 0 Å². The van der Waals surface area contributed by atoms with Crippen molar-refractivity contribution in [1.29, 1.82) is 0 Å². The van der Waals surface area contributed by atoms with Crippen molar-refractivity contribution in [3.05, 3.63) is 34.3 Å². The quantitative estimate of drug-likeness (QED) is 0.644. The van der Waals surface area contributed by atoms with Crippen LogP contribution in [0.1, 0.15) is 50.5 Å². The van der Waals surface area contributed by atoms with Gasteiger partial charge in [0.15, 0.2) is 0 Å². The largest absolute Gasteiger partial charge is 0.271 e. The van der Waals surface area contributed by atoms with E-state index in [1.165, 1.54) is 50.5 Å². The number of halogens is 1. The van der Waals surface area contributed by atoms with Crippen molar-refractivity contribution in [2.45, 2.75) is 57.4 Å². The Morgan fingerprint density at radius 2 is 1.63 bits per heavy atom. The average molecular weight is 325 g/mol. The fourth-order valence-electron chi connectivity index (χ4n) is 3.13. The smallest absolute Gasteiger partial charge is 0.0279 e. The van der Waals surface area contributed by atoms with Gasteiger partial charge in [-0.1, -0.05) is 60.2 Å². The maximum absolute atomic E-state index is 5.81. The number of nitrogens with two attached hydrogens (primary N) is 1. The van der Waals surface area contributed by atoms with Crippen molar-refractivity contribution in [2.24, 2.45) is 11.8 Å². The number of hydrogen-bond donors (Lipinski definition) is 2. The summed E-state index contributed by atoms with van der Waals surface area (Å²) < 4.78 is 1.14. The molecule has 0 saturated heterocycles. The molecule has 0 aliphatic heterocycles. The van der Waals surface area contributed by atoms with Gasteiger partial charge in [0.2, 0.25) is 0 Å². The van der Waals surface area contributed by atoms with Gasteiger partial charge in [0.1, 0.15) is 0 Å². The molecule has 1 atom stereocenters. The lowest BCUT2D eigenvalue weighted by Gasteiger charge is -2.28. The maximum Gasteiger partial charge on any atom is 0.0279 e. The summed E-state index contributed by atoms with van der Waals surface area (Å²) in [6, 6.07) is 9.02. The van der Waals surface area contributed by atoms with E-state index in [4.69, 9.17) is 5.84 Å². The summed E-state index contributed by atoms with van der Waals surface area (Å²) in [6.45, 7) is 0. The van der Waals surface area contributed by atoms with Crippen molar-refractivity contribution >= 4 is 15.9 Å². The minimum Gasteiger partial charge on any atom is -0.271 e. The SMILES string of the molecule is NNC(Cc1ccc(Br)cc1)C1CCCCCCC1. The molecule has 3 heteroatoms. The zero-order valence-electron chi connectivity index (χ0n) is 11.6. The van der Waals surface area contributed by atoms with Gasteiger partial charge in [-0.3, -0.25) is 11.3 Å². The van der Waals surface area contributed by atoms with Crippen molar-refractivity contribution in [3.8, 4) is 0 Å². The third kappa shape index (κ3) is 4.90. The summed E-state index contributed by atoms with van der Waals surface area (Å²) in [6.07, 6.45) is 10.6. The Morgan fingerprint density at radius 3 is 2.21 bits per heavy atom. The highest BCUT2D eigenvalue weighted by molar-refractivity contribution is 9.10. The second-order valence-electron chi connectivity index (χ2n) is 5.71. The first kappa shape index (κ1) is 15.0. The van der Waals surface area contributed by atoms with E-state index in [1.807, 2.05) is 0 Å². The Bertz CT molecular complexity index is 356. The zero-order valence-corrected chi connectivity index (χ0v) is 13.2. The molecule has 2 nitrogen and oxygen atoms in total. The average Bonchev–Trinajstić information content (AvgIpc) is 2.38. The van der Waals surface area contributed by atoms with Crippen LogP contribution in [0.2, 0.25) is 0 Å². The van der Waals surface area contributed by atoms with Crippen LogP contribution in [0.15, 0.2) is 28.7 Å². The third-order valence-corrected chi connectivity index (χ3v) is 4.83. The van der Waals surface area contributed by atoms with Crippen LogP contribution in [0.25, 0.3) is 0 Å². The summed E-state index contributed by atoms with van der Waals surface area (Å²) in [7, 11) is 0. The topological polar surface area (TPSA) is 38.0 Å². The van der Waals surface area contributed by atoms with E-state index in [-0.39, 0.29) is 0 Å². The lowest BCUT2D eigenvalue weighted by molar-refractivity contribution is 0.285. The van der Waals surface area contributed by atoms with E-state index in [9.17, 15) is 0 Å². The first-order valence-electron chi connectivity index (χ1n) is 7.50. The predicted molar refractivity (Wildman–Crippen MR) is 84.8 cm³/mol. The number of hydrazine groups is 1. The van der Waals surface area contributed by atoms with E-state index in [1.54, 1.807) is 0 Å². The predicted octanol–water partition coefficient (Wildman–Crippen LogP) is 4.18. The van der Waals surface area contributed by atoms with Crippen LogP contribution in [-0.4, -0.2) is 6.04 Å². The molecular weight excluding hydrogens is 300 g/mol. The van der Waals surface area contributed by atoms with Gasteiger partial charge in [0, 0.05) is 10.5 Å². The fraction of sp³-hybridized carbons (Fsp3) is 0.625. The molecule has 106 valence electrons. The molecule has 0 amide bonds. The van der Waals surface area contributed by atoms with Gasteiger partial charge in [0.25, 0.3) is 0 Å². The molecule has 0 radical (unpaired) electrons. The standard InChI is InChI=1S/C16H25BrN2/c17-15-10-8-13(9-11-15)12-16(19-18)14-6-4-2-1-3-5-7-14/h8-11,14,16,19H,1-7,12,18H2. The summed E-state index contributed by atoms with van der Waals surface area (Å²) in [5, 5.41) is 0. The molecule has 2 rings (SSSR count). The van der Waals surface area contributed by atoms with Crippen molar-refractivity contribution in [3.63, 3.8) is 0 Å². The number of nitrogens with one attached hydrogen (secondary N) is 1. The number of hydrogen-bond acceptors (Lipinski definition) is 2. The number of rotatable bonds is 4. The van der Waals surface area contributed by atoms with Crippen LogP contribution < -0.4 is 11.3 Å². The molecular formula is C16H25BrN2. The molecule has 1 unspecified atom stereocenters. The summed E-state index contributed by atoms with van der Waals surface area (Å²) in [5.41, 5.74) is 4.44. The summed E-state index contributed by atoms with van der Waals surface area (Å²) in [5.74, 6) is 6.54. The molecule has 1 aliphatic carbocycles. The molecule has 1 fully saturated rings. The second-order valence-corrected chi connectivity index (χ2v) is 6.62. The van der Waals surface area contributed by atoms with Crippen LogP contribution in [0.5, 0.6) is 0 Å². The van der Waals surface area contributed by atoms with Crippen LogP contribution in [0, 0.1) is 5.92 Å². The molecule has 0 bridgehead atoms. The first-order valence-corrected chi connectivity index (χ1v) is 8.29. The minimum absolute atomic E-state index is 0.416. The molecule has 0 spiro atoms. The van der Waals surface area contributed by atoms with Crippen molar-refractivity contribution in [1.82, 2.24) is 5.43 Å². The Balaban J connectivity index is 1.95. The lowest BCUT2D eigenvalue weighted by atomic mass is 9.83. The second kappa shape index (κ2) is 8.03. The highest BCUT2D eigenvalue weighted by atomic mass is 79.9. The van der Waals surface area contributed by atoms with Gasteiger partial charge < -0.3 is 0 Å². The van der Waals surface area contributed by atoms with Gasteiger partial charge >= 0.3 is 0 Å². The molecule has 3 N–H and O–H groups in total. The van der Waals surface area contributed by atoms with Crippen LogP contribution >= 0.6 is 15.9 Å². The monoisotopic (exact) mass is 324 g/mol. The zero-order chi connectivity index (χ0) is 13.5. The van der Waals surface area contributed by atoms with Crippen LogP contribution in [0.3, 0.4) is 0 Å². The van der Waals surface area contributed by atoms with E-state index < -0.39 is 0 Å². The van der Waals surface area contributed by atoms with Crippen LogP contribution in [-0.2, 0) is 6.42 Å². The van der Waals surface area contributed by atoms with Gasteiger partial charge in [0.05, 0.1) is 0 Å². The van der Waals surface area contributed by atoms with Crippen molar-refractivity contribution < 1.29 is 0 Å². The minimum atomic E-state index is 0.416. The molecule has 1 aliphatic rings. The lowest BCUT2D eigenvalue weighted by Crippen LogP contribution is -2.42. The maximum atomic E-state index is 5.81. The normalized spacial score (nSPS) is 19.7. The van der Waals surface area contributed by atoms with E-state index in [2.05, 4.69) is 45.6 Å². The highest BCUT2D eigenvalue weighted by Crippen LogP contribution is 2.26. The molecule has 19 heavy (non-hydrogen) atoms. The third-order valence-electron chi connectivity index (χ3n) is 4.30. The Labute approximate surface area is 125 Å². The molecule has 0 aromatic heterocycles. The van der Waals surface area contributed by atoms with Crippen molar-refractivity contribution in [2.75, 3.05) is 0 Å². The first-order chi connectivity index (χ1) is 9.29. The summed E-state index contributed by atoms with van der Waals surface area (Å²) in [4.78, 5) is 0. The Morgan fingerprint density at radius 1 is 1.05 bits per heavy atom. The van der Waals surface area contributed by atoms with Gasteiger partial charge in [-0.2, -0.15) is 0 Å². The van der Waals surface area contributed by atoms with E-state index in [0.29, 0.717) is 6.04 Å².